The van der Waals surface area contributed by atoms with Crippen LogP contribution in [0.5, 0.6) is 0 Å². The predicted octanol–water partition coefficient (Wildman–Crippen LogP) is 2.67. The second-order valence-corrected chi connectivity index (χ2v) is 2.89. The monoisotopic (exact) mass is 158 g/mol. The summed E-state index contributed by atoms with van der Waals surface area (Å²) in [7, 11) is 0. The third-order valence-electron chi connectivity index (χ3n) is 2.01. The van der Waals surface area contributed by atoms with Crippen LogP contribution in [-0.4, -0.2) is 5.11 Å². The van der Waals surface area contributed by atoms with E-state index < -0.39 is 0 Å². The van der Waals surface area contributed by atoms with Crippen molar-refractivity contribution in [2.24, 2.45) is 5.92 Å². The molecule has 0 heterocycles. The first-order valence-corrected chi connectivity index (χ1v) is 4.00. The molecular weight excluding hydrogens is 148 g/mol. The fraction of sp³-hybridized carbons (Fsp3) is 0.0909. The highest BCUT2D eigenvalue weighted by Gasteiger charge is 2.10. The van der Waals surface area contributed by atoms with E-state index in [0.29, 0.717) is 5.76 Å². The van der Waals surface area contributed by atoms with Crippen LogP contribution in [0.4, 0.5) is 0 Å². The van der Waals surface area contributed by atoms with E-state index in [2.05, 4.69) is 12.2 Å². The first-order chi connectivity index (χ1) is 5.86. The van der Waals surface area contributed by atoms with Gasteiger partial charge in [-0.1, -0.05) is 36.5 Å². The maximum absolute atomic E-state index is 9.23. The molecule has 12 heavy (non-hydrogen) atoms. The van der Waals surface area contributed by atoms with Crippen molar-refractivity contribution in [3.8, 4) is 0 Å². The predicted molar refractivity (Wildman–Crippen MR) is 49.7 cm³/mol. The molecule has 0 amide bonds. The third-order valence-corrected chi connectivity index (χ3v) is 2.01. The van der Waals surface area contributed by atoms with Crippen LogP contribution >= 0.6 is 0 Å². The summed E-state index contributed by atoms with van der Waals surface area (Å²) in [6.07, 6.45) is 15.6. The summed E-state index contributed by atoms with van der Waals surface area (Å²) in [5.41, 5.74) is 1.22. The van der Waals surface area contributed by atoms with Gasteiger partial charge in [0.15, 0.2) is 0 Å². The van der Waals surface area contributed by atoms with Gasteiger partial charge in [-0.2, -0.15) is 0 Å². The topological polar surface area (TPSA) is 20.2 Å². The first-order valence-electron chi connectivity index (χ1n) is 4.00. The number of rotatable bonds is 0. The normalized spacial score (nSPS) is 25.8. The molecule has 0 aliphatic heterocycles. The van der Waals surface area contributed by atoms with Crippen molar-refractivity contribution in [3.05, 3.63) is 59.9 Å². The molecule has 0 spiro atoms. The standard InChI is InChI=1S/C11H10O/c12-11-7-6-9-4-2-1-3-5-10(9)8-11/h1-8,10,12H. The van der Waals surface area contributed by atoms with E-state index in [0.717, 1.165) is 0 Å². The van der Waals surface area contributed by atoms with Crippen molar-refractivity contribution in [2.45, 2.75) is 0 Å². The Morgan fingerprint density at radius 3 is 2.92 bits per heavy atom. The summed E-state index contributed by atoms with van der Waals surface area (Å²) in [6.45, 7) is 0. The molecule has 0 saturated carbocycles. The smallest absolute Gasteiger partial charge is 0.112 e. The number of fused-ring (bicyclic) bond motifs is 1. The minimum atomic E-state index is 0.241. The molecule has 60 valence electrons. The second-order valence-electron chi connectivity index (χ2n) is 2.89. The lowest BCUT2D eigenvalue weighted by Crippen LogP contribution is -2.00. The number of hydrogen-bond acceptors (Lipinski definition) is 1. The van der Waals surface area contributed by atoms with Gasteiger partial charge in [0.1, 0.15) is 5.76 Å². The van der Waals surface area contributed by atoms with Gasteiger partial charge >= 0.3 is 0 Å². The van der Waals surface area contributed by atoms with E-state index in [4.69, 9.17) is 0 Å². The third kappa shape index (κ3) is 1.26. The van der Waals surface area contributed by atoms with E-state index >= 15 is 0 Å². The van der Waals surface area contributed by atoms with Gasteiger partial charge in [-0.3, -0.25) is 0 Å². The van der Waals surface area contributed by atoms with Gasteiger partial charge in [0, 0.05) is 5.92 Å². The van der Waals surface area contributed by atoms with Crippen LogP contribution in [0.15, 0.2) is 59.9 Å². The highest BCUT2D eigenvalue weighted by molar-refractivity contribution is 5.42. The molecule has 2 aliphatic rings. The fourth-order valence-corrected chi connectivity index (χ4v) is 1.38. The van der Waals surface area contributed by atoms with Crippen molar-refractivity contribution >= 4 is 0 Å². The maximum atomic E-state index is 9.23. The summed E-state index contributed by atoms with van der Waals surface area (Å²) in [6, 6.07) is 0. The molecule has 1 atom stereocenters. The van der Waals surface area contributed by atoms with Crippen molar-refractivity contribution in [1.29, 1.82) is 0 Å². The van der Waals surface area contributed by atoms with Crippen LogP contribution in [0.1, 0.15) is 0 Å². The molecule has 0 aromatic carbocycles. The summed E-state index contributed by atoms with van der Waals surface area (Å²) >= 11 is 0. The molecule has 1 unspecified atom stereocenters. The summed E-state index contributed by atoms with van der Waals surface area (Å²) < 4.78 is 0. The van der Waals surface area contributed by atoms with Crippen LogP contribution in [0.25, 0.3) is 0 Å². The number of aliphatic hydroxyl groups excluding tert-OH is 1. The zero-order valence-corrected chi connectivity index (χ0v) is 6.64. The first kappa shape index (κ1) is 7.17. The fourth-order valence-electron chi connectivity index (χ4n) is 1.38. The zero-order valence-electron chi connectivity index (χ0n) is 6.64. The van der Waals surface area contributed by atoms with Crippen LogP contribution in [0.2, 0.25) is 0 Å². The average Bonchev–Trinajstić information content (AvgIpc) is 2.28. The lowest BCUT2D eigenvalue weighted by molar-refractivity contribution is 0.426. The van der Waals surface area contributed by atoms with Gasteiger partial charge in [0.2, 0.25) is 0 Å². The van der Waals surface area contributed by atoms with Gasteiger partial charge in [-0.15, -0.1) is 0 Å². The van der Waals surface area contributed by atoms with Crippen molar-refractivity contribution in [1.82, 2.24) is 0 Å². The maximum Gasteiger partial charge on any atom is 0.112 e. The highest BCUT2D eigenvalue weighted by Crippen LogP contribution is 2.23. The lowest BCUT2D eigenvalue weighted by Gasteiger charge is -2.12. The van der Waals surface area contributed by atoms with Gasteiger partial charge in [0.25, 0.3) is 0 Å². The Hall–Kier alpha value is -1.50. The Morgan fingerprint density at radius 2 is 2.00 bits per heavy atom. The molecule has 1 N–H and O–H groups in total. The summed E-state index contributed by atoms with van der Waals surface area (Å²) in [5.74, 6) is 0.591. The summed E-state index contributed by atoms with van der Waals surface area (Å²) in [5, 5.41) is 9.23. The summed E-state index contributed by atoms with van der Waals surface area (Å²) in [4.78, 5) is 0. The van der Waals surface area contributed by atoms with Crippen molar-refractivity contribution in [2.75, 3.05) is 0 Å². The Morgan fingerprint density at radius 1 is 1.08 bits per heavy atom. The molecular formula is C11H10O. The second kappa shape index (κ2) is 2.86. The van der Waals surface area contributed by atoms with Crippen molar-refractivity contribution < 1.29 is 5.11 Å². The van der Waals surface area contributed by atoms with Crippen LogP contribution in [-0.2, 0) is 0 Å². The minimum Gasteiger partial charge on any atom is -0.508 e. The Labute approximate surface area is 71.7 Å². The Kier molecular flexibility index (Phi) is 1.71. The molecule has 0 saturated heterocycles. The van der Waals surface area contributed by atoms with E-state index in [-0.39, 0.29) is 5.92 Å². The van der Waals surface area contributed by atoms with Gasteiger partial charge in [0.05, 0.1) is 0 Å². The van der Waals surface area contributed by atoms with Gasteiger partial charge in [-0.05, 0) is 17.7 Å². The van der Waals surface area contributed by atoms with E-state index in [1.165, 1.54) is 5.57 Å². The number of allylic oxidation sites excluding steroid dienone is 9. The highest BCUT2D eigenvalue weighted by atomic mass is 16.3. The van der Waals surface area contributed by atoms with Crippen molar-refractivity contribution in [3.63, 3.8) is 0 Å². The molecule has 1 heteroatoms. The Balaban J connectivity index is 2.39. The largest absolute Gasteiger partial charge is 0.508 e. The number of hydrogen-bond donors (Lipinski definition) is 1. The van der Waals surface area contributed by atoms with E-state index in [1.807, 2.05) is 30.4 Å². The molecule has 0 aromatic heterocycles. The van der Waals surface area contributed by atoms with Crippen LogP contribution in [0.3, 0.4) is 0 Å². The van der Waals surface area contributed by atoms with E-state index in [9.17, 15) is 5.11 Å². The van der Waals surface area contributed by atoms with E-state index in [1.54, 1.807) is 6.08 Å². The molecule has 0 radical (unpaired) electrons. The van der Waals surface area contributed by atoms with Gasteiger partial charge in [-0.25, -0.2) is 0 Å². The molecule has 0 aromatic rings. The quantitative estimate of drug-likeness (QED) is 0.574. The van der Waals surface area contributed by atoms with Crippen LogP contribution in [0, 0.1) is 5.92 Å². The molecule has 0 bridgehead atoms. The average molecular weight is 158 g/mol. The molecule has 2 rings (SSSR count). The molecule has 0 fully saturated rings. The number of aliphatic hydroxyl groups is 1. The Bertz CT molecular complexity index is 327. The molecule has 1 nitrogen and oxygen atoms in total. The minimum absolute atomic E-state index is 0.241. The zero-order chi connectivity index (χ0) is 8.39. The van der Waals surface area contributed by atoms with Crippen LogP contribution < -0.4 is 0 Å². The van der Waals surface area contributed by atoms with Gasteiger partial charge < -0.3 is 5.11 Å². The SMILES string of the molecule is OC1=CC2C=CC=CC=C2C=C1. The molecule has 2 aliphatic carbocycles. The lowest BCUT2D eigenvalue weighted by atomic mass is 9.94.